The molecule has 0 atom stereocenters. The fourth-order valence-corrected chi connectivity index (χ4v) is 4.78. The molecule has 7 nitrogen and oxygen atoms in total. The van der Waals surface area contributed by atoms with Crippen molar-refractivity contribution in [1.82, 2.24) is 0 Å². The maximum Gasteiger partial charge on any atom is 0.315 e. The van der Waals surface area contributed by atoms with Crippen LogP contribution < -0.4 is 18.9 Å². The molecule has 0 saturated carbocycles. The van der Waals surface area contributed by atoms with Crippen LogP contribution in [0.2, 0.25) is 15.1 Å². The minimum absolute atomic E-state index is 0.0160. The molecular weight excluding hydrogens is 615 g/mol. The molecule has 0 aromatic heterocycles. The summed E-state index contributed by atoms with van der Waals surface area (Å²) < 4.78 is 24.7. The molecule has 0 radical (unpaired) electrons. The second-order valence-corrected chi connectivity index (χ2v) is 10.7. The number of hydrogen-bond acceptors (Lipinski definition) is 7. The zero-order valence-corrected chi connectivity index (χ0v) is 25.0. The molecule has 0 bridgehead atoms. The lowest BCUT2D eigenvalue weighted by molar-refractivity contribution is -0.133. The van der Waals surface area contributed by atoms with E-state index in [4.69, 9.17) is 53.8 Å². The highest BCUT2D eigenvalue weighted by atomic mass is 35.5. The van der Waals surface area contributed by atoms with Crippen LogP contribution in [0.1, 0.15) is 18.9 Å². The van der Waals surface area contributed by atoms with Crippen molar-refractivity contribution < 1.29 is 34.0 Å². The number of hydrogen-bond donors (Lipinski definition) is 2. The standard InChI is InChI=1S/C33H25Cl3O7/c1-2-14-40-30-23-11-8-20(34)16-24(23)31(43-29(39)15-19-6-4-3-5-7-19)33(42-28-13-10-22(36)18-26(28)38)32(30)41-27-12-9-21(35)17-25(27)37/h3-13,16-18,37-38H,2,14-15H2,1H3. The molecule has 2 N–H and O–H groups in total. The maximum atomic E-state index is 13.3. The van der Waals surface area contributed by atoms with Crippen LogP contribution in [-0.2, 0) is 11.2 Å². The van der Waals surface area contributed by atoms with Crippen molar-refractivity contribution in [2.24, 2.45) is 0 Å². The fraction of sp³-hybridized carbons (Fsp3) is 0.121. The predicted octanol–water partition coefficient (Wildman–Crippen LogP) is 9.73. The third kappa shape index (κ3) is 7.03. The second kappa shape index (κ2) is 13.3. The Morgan fingerprint density at radius 3 is 1.81 bits per heavy atom. The summed E-state index contributed by atoms with van der Waals surface area (Å²) in [7, 11) is 0. The number of benzene rings is 5. The van der Waals surface area contributed by atoms with Crippen LogP contribution in [0.15, 0.2) is 84.9 Å². The Bertz CT molecular complexity index is 1790. The number of carbonyl (C=O) groups is 1. The molecule has 220 valence electrons. The summed E-state index contributed by atoms with van der Waals surface area (Å²) in [6.07, 6.45) is 0.611. The molecular formula is C33H25Cl3O7. The summed E-state index contributed by atoms with van der Waals surface area (Å²) in [6, 6.07) is 22.7. The first kappa shape index (κ1) is 30.2. The van der Waals surface area contributed by atoms with Gasteiger partial charge in [0, 0.05) is 38.0 Å². The molecule has 0 fully saturated rings. The van der Waals surface area contributed by atoms with Crippen molar-refractivity contribution in [3.63, 3.8) is 0 Å². The fourth-order valence-electron chi connectivity index (χ4n) is 4.27. The van der Waals surface area contributed by atoms with Crippen molar-refractivity contribution >= 4 is 51.5 Å². The first-order chi connectivity index (χ1) is 20.7. The molecule has 0 heterocycles. The summed E-state index contributed by atoms with van der Waals surface area (Å²) in [5.41, 5.74) is 0.734. The molecule has 43 heavy (non-hydrogen) atoms. The van der Waals surface area contributed by atoms with Crippen molar-refractivity contribution in [3.8, 4) is 46.0 Å². The van der Waals surface area contributed by atoms with Gasteiger partial charge in [-0.15, -0.1) is 0 Å². The summed E-state index contributed by atoms with van der Waals surface area (Å²) in [4.78, 5) is 13.3. The van der Waals surface area contributed by atoms with E-state index in [0.29, 0.717) is 33.8 Å². The van der Waals surface area contributed by atoms with Gasteiger partial charge in [0.05, 0.1) is 13.0 Å². The number of ether oxygens (including phenoxy) is 4. The molecule has 0 saturated heterocycles. The van der Waals surface area contributed by atoms with Gasteiger partial charge in [0.1, 0.15) is 0 Å². The van der Waals surface area contributed by atoms with Gasteiger partial charge >= 0.3 is 5.97 Å². The molecule has 0 spiro atoms. The summed E-state index contributed by atoms with van der Waals surface area (Å²) in [6.45, 7) is 2.23. The van der Waals surface area contributed by atoms with Crippen LogP contribution in [-0.4, -0.2) is 22.8 Å². The first-order valence-electron chi connectivity index (χ1n) is 13.2. The number of rotatable bonds is 10. The predicted molar refractivity (Wildman–Crippen MR) is 167 cm³/mol. The zero-order chi connectivity index (χ0) is 30.5. The van der Waals surface area contributed by atoms with E-state index >= 15 is 0 Å². The average molecular weight is 640 g/mol. The smallest absolute Gasteiger partial charge is 0.315 e. The van der Waals surface area contributed by atoms with Crippen LogP contribution in [0, 0.1) is 0 Å². The van der Waals surface area contributed by atoms with Crippen molar-refractivity contribution in [2.75, 3.05) is 6.61 Å². The Morgan fingerprint density at radius 2 is 1.23 bits per heavy atom. The molecule has 0 amide bonds. The average Bonchev–Trinajstić information content (AvgIpc) is 2.97. The molecule has 5 aromatic rings. The largest absolute Gasteiger partial charge is 0.504 e. The minimum Gasteiger partial charge on any atom is -0.504 e. The third-order valence-corrected chi connectivity index (χ3v) is 6.92. The highest BCUT2D eigenvalue weighted by Gasteiger charge is 2.29. The number of carbonyl (C=O) groups excluding carboxylic acids is 1. The Hall–Kier alpha value is -4.30. The number of esters is 1. The molecule has 5 rings (SSSR count). The summed E-state index contributed by atoms with van der Waals surface area (Å²) >= 11 is 18.5. The van der Waals surface area contributed by atoms with Gasteiger partial charge in [0.15, 0.2) is 34.5 Å². The van der Waals surface area contributed by atoms with Crippen LogP contribution in [0.25, 0.3) is 10.8 Å². The van der Waals surface area contributed by atoms with Gasteiger partial charge in [-0.3, -0.25) is 4.79 Å². The minimum atomic E-state index is -0.597. The van der Waals surface area contributed by atoms with Crippen molar-refractivity contribution in [2.45, 2.75) is 19.8 Å². The molecule has 0 aliphatic heterocycles. The van der Waals surface area contributed by atoms with E-state index in [1.165, 1.54) is 36.4 Å². The molecule has 0 aliphatic rings. The lowest BCUT2D eigenvalue weighted by atomic mass is 10.1. The Morgan fingerprint density at radius 1 is 0.674 bits per heavy atom. The quantitative estimate of drug-likeness (QED) is 0.116. The van der Waals surface area contributed by atoms with Gasteiger partial charge in [0.25, 0.3) is 0 Å². The van der Waals surface area contributed by atoms with Gasteiger partial charge in [-0.05, 0) is 54.4 Å². The van der Waals surface area contributed by atoms with Gasteiger partial charge in [-0.1, -0.05) is 72.1 Å². The monoisotopic (exact) mass is 638 g/mol. The number of phenolic OH excluding ortho intramolecular Hbond substituents is 2. The van der Waals surface area contributed by atoms with E-state index in [9.17, 15) is 15.0 Å². The zero-order valence-electron chi connectivity index (χ0n) is 22.8. The van der Waals surface area contributed by atoms with Crippen LogP contribution in [0.4, 0.5) is 0 Å². The highest BCUT2D eigenvalue weighted by Crippen LogP contribution is 2.56. The third-order valence-electron chi connectivity index (χ3n) is 6.21. The Kier molecular flexibility index (Phi) is 9.36. The lowest BCUT2D eigenvalue weighted by Gasteiger charge is -2.22. The van der Waals surface area contributed by atoms with Crippen molar-refractivity contribution in [1.29, 1.82) is 0 Å². The van der Waals surface area contributed by atoms with E-state index in [2.05, 4.69) is 0 Å². The molecule has 0 unspecified atom stereocenters. The Balaban J connectivity index is 1.77. The lowest BCUT2D eigenvalue weighted by Crippen LogP contribution is -2.13. The van der Waals surface area contributed by atoms with E-state index in [-0.39, 0.29) is 57.4 Å². The van der Waals surface area contributed by atoms with E-state index in [0.717, 1.165) is 5.56 Å². The van der Waals surface area contributed by atoms with E-state index in [1.807, 2.05) is 25.1 Å². The van der Waals surface area contributed by atoms with Crippen LogP contribution in [0.5, 0.6) is 46.0 Å². The first-order valence-corrected chi connectivity index (χ1v) is 14.4. The van der Waals surface area contributed by atoms with Crippen molar-refractivity contribution in [3.05, 3.63) is 106 Å². The van der Waals surface area contributed by atoms with E-state index in [1.54, 1.807) is 30.3 Å². The maximum absolute atomic E-state index is 13.3. The number of fused-ring (bicyclic) bond motifs is 1. The highest BCUT2D eigenvalue weighted by molar-refractivity contribution is 6.32. The summed E-state index contributed by atoms with van der Waals surface area (Å²) in [5.74, 6) is -1.09. The van der Waals surface area contributed by atoms with Gasteiger partial charge < -0.3 is 29.2 Å². The molecule has 10 heteroatoms. The van der Waals surface area contributed by atoms with Crippen LogP contribution >= 0.6 is 34.8 Å². The van der Waals surface area contributed by atoms with Gasteiger partial charge in [-0.25, -0.2) is 0 Å². The normalized spacial score (nSPS) is 10.9. The number of phenols is 2. The van der Waals surface area contributed by atoms with Crippen LogP contribution in [0.3, 0.4) is 0 Å². The van der Waals surface area contributed by atoms with Gasteiger partial charge in [-0.2, -0.15) is 0 Å². The number of aromatic hydroxyl groups is 2. The van der Waals surface area contributed by atoms with E-state index < -0.39 is 5.97 Å². The molecule has 5 aromatic carbocycles. The summed E-state index contributed by atoms with van der Waals surface area (Å²) in [5, 5.41) is 23.1. The van der Waals surface area contributed by atoms with Gasteiger partial charge in [0.2, 0.25) is 11.5 Å². The SMILES string of the molecule is CCCOc1c(Oc2ccc(Cl)cc2O)c(Oc2ccc(Cl)cc2O)c(OC(=O)Cc2ccccc2)c2cc(Cl)ccc12. The number of halogens is 3. The Labute approximate surface area is 262 Å². The second-order valence-electron chi connectivity index (χ2n) is 9.42. The topological polar surface area (TPSA) is 94.5 Å². The molecule has 0 aliphatic carbocycles.